The van der Waals surface area contributed by atoms with Crippen molar-refractivity contribution in [2.24, 2.45) is 0 Å². The normalized spacial score (nSPS) is 23.8. The second kappa shape index (κ2) is 6.66. The Hall–Kier alpha value is -0.950. The highest BCUT2D eigenvalue weighted by molar-refractivity contribution is 8.26. The lowest BCUT2D eigenvalue weighted by atomic mass is 10.2. The first-order valence-corrected chi connectivity index (χ1v) is 8.47. The van der Waals surface area contributed by atoms with Gasteiger partial charge in [-0.1, -0.05) is 41.6 Å². The molecule has 0 aromatic heterocycles. The van der Waals surface area contributed by atoms with Crippen molar-refractivity contribution in [2.75, 3.05) is 13.2 Å². The summed E-state index contributed by atoms with van der Waals surface area (Å²) in [7, 11) is 0. The minimum atomic E-state index is -0.461. The summed E-state index contributed by atoms with van der Waals surface area (Å²) in [6.07, 6.45) is 3.42. The highest BCUT2D eigenvalue weighted by Gasteiger charge is 2.34. The molecule has 2 heterocycles. The number of carbonyl (C=O) groups excluding carboxylic acids is 1. The fourth-order valence-corrected chi connectivity index (χ4v) is 3.90. The molecule has 0 radical (unpaired) electrons. The second-order valence-corrected chi connectivity index (χ2v) is 7.15. The highest BCUT2D eigenvalue weighted by atomic mass is 35.5. The molecule has 1 amide bonds. The Morgan fingerprint density at radius 1 is 1.55 bits per heavy atom. The Kier molecular flexibility index (Phi) is 4.82. The summed E-state index contributed by atoms with van der Waals surface area (Å²) in [6, 6.07) is 4.42. The summed E-state index contributed by atoms with van der Waals surface area (Å²) in [5, 5.41) is 0.268. The summed E-state index contributed by atoms with van der Waals surface area (Å²) in [6.45, 7) is 1.17. The number of nitrogens with zero attached hydrogens (tertiary/aromatic N) is 1. The molecule has 2 saturated heterocycles. The lowest BCUT2D eigenvalue weighted by molar-refractivity contribution is -0.123. The maximum Gasteiger partial charge on any atom is 0.266 e. The molecule has 7 heteroatoms. The van der Waals surface area contributed by atoms with E-state index in [1.807, 2.05) is 0 Å². The van der Waals surface area contributed by atoms with Crippen LogP contribution in [0.2, 0.25) is 5.02 Å². The van der Waals surface area contributed by atoms with Crippen molar-refractivity contribution < 1.29 is 13.9 Å². The zero-order chi connectivity index (χ0) is 15.7. The Bertz CT molecular complexity index is 639. The average molecular weight is 358 g/mol. The number of rotatable bonds is 3. The van der Waals surface area contributed by atoms with Crippen molar-refractivity contribution in [2.45, 2.75) is 18.9 Å². The smallest absolute Gasteiger partial charge is 0.266 e. The molecule has 0 N–H and O–H groups in total. The van der Waals surface area contributed by atoms with E-state index in [9.17, 15) is 9.18 Å². The first-order valence-electron chi connectivity index (χ1n) is 6.87. The number of carbonyl (C=O) groups is 1. The Morgan fingerprint density at radius 2 is 2.36 bits per heavy atom. The molecule has 1 aromatic carbocycles. The minimum absolute atomic E-state index is 0.0268. The van der Waals surface area contributed by atoms with Crippen molar-refractivity contribution in [1.82, 2.24) is 4.90 Å². The van der Waals surface area contributed by atoms with Gasteiger partial charge in [-0.3, -0.25) is 9.69 Å². The monoisotopic (exact) mass is 357 g/mol. The maximum atomic E-state index is 13.8. The molecule has 116 valence electrons. The summed E-state index contributed by atoms with van der Waals surface area (Å²) >= 11 is 12.4. The lowest BCUT2D eigenvalue weighted by Gasteiger charge is -2.18. The third-order valence-electron chi connectivity index (χ3n) is 3.56. The number of halogens is 2. The minimum Gasteiger partial charge on any atom is -0.376 e. The molecule has 0 bridgehead atoms. The van der Waals surface area contributed by atoms with Gasteiger partial charge in [0.15, 0.2) is 0 Å². The van der Waals surface area contributed by atoms with E-state index in [4.69, 9.17) is 28.6 Å². The SMILES string of the molecule is O=C1C(=Cc2c(F)cccc2Cl)SC(=S)N1CC1CCCO1. The number of amides is 1. The average Bonchev–Trinajstić information content (AvgIpc) is 3.07. The van der Waals surface area contributed by atoms with Crippen molar-refractivity contribution in [3.05, 3.63) is 39.5 Å². The maximum absolute atomic E-state index is 13.8. The van der Waals surface area contributed by atoms with Crippen molar-refractivity contribution in [3.8, 4) is 0 Å². The van der Waals surface area contributed by atoms with Crippen LogP contribution in [0.15, 0.2) is 23.1 Å². The molecule has 3 nitrogen and oxygen atoms in total. The first kappa shape index (κ1) is 15.9. The molecule has 3 rings (SSSR count). The molecule has 2 aliphatic rings. The quantitative estimate of drug-likeness (QED) is 0.607. The third-order valence-corrected chi connectivity index (χ3v) is 5.27. The van der Waals surface area contributed by atoms with Gasteiger partial charge in [-0.05, 0) is 31.1 Å². The molecule has 0 aliphatic carbocycles. The molecule has 22 heavy (non-hydrogen) atoms. The van der Waals surface area contributed by atoms with E-state index >= 15 is 0 Å². The summed E-state index contributed by atoms with van der Waals surface area (Å²) in [4.78, 5) is 14.4. The molecule has 0 saturated carbocycles. The summed E-state index contributed by atoms with van der Waals surface area (Å²) in [5.41, 5.74) is 0.210. The van der Waals surface area contributed by atoms with E-state index in [-0.39, 0.29) is 22.6 Å². The van der Waals surface area contributed by atoms with Crippen LogP contribution in [0.4, 0.5) is 4.39 Å². The van der Waals surface area contributed by atoms with E-state index in [1.165, 1.54) is 34.9 Å². The van der Waals surface area contributed by atoms with E-state index < -0.39 is 5.82 Å². The Balaban J connectivity index is 1.82. The van der Waals surface area contributed by atoms with Gasteiger partial charge in [-0.2, -0.15) is 0 Å². The van der Waals surface area contributed by atoms with Crippen molar-refractivity contribution in [3.63, 3.8) is 0 Å². The zero-order valence-electron chi connectivity index (χ0n) is 11.6. The van der Waals surface area contributed by atoms with Gasteiger partial charge in [0, 0.05) is 12.2 Å². The topological polar surface area (TPSA) is 29.5 Å². The molecule has 1 atom stereocenters. The number of hydrogen-bond acceptors (Lipinski definition) is 4. The van der Waals surface area contributed by atoms with Crippen LogP contribution in [0, 0.1) is 5.82 Å². The van der Waals surface area contributed by atoms with Crippen LogP contribution in [-0.2, 0) is 9.53 Å². The van der Waals surface area contributed by atoms with Crippen LogP contribution >= 0.6 is 35.6 Å². The number of benzene rings is 1. The van der Waals surface area contributed by atoms with Gasteiger partial charge in [-0.15, -0.1) is 0 Å². The molecular formula is C15H13ClFNO2S2. The van der Waals surface area contributed by atoms with E-state index in [0.29, 0.717) is 15.8 Å². The zero-order valence-corrected chi connectivity index (χ0v) is 13.9. The molecule has 1 aromatic rings. The van der Waals surface area contributed by atoms with Gasteiger partial charge in [0.25, 0.3) is 5.91 Å². The highest BCUT2D eigenvalue weighted by Crippen LogP contribution is 2.35. The lowest BCUT2D eigenvalue weighted by Crippen LogP contribution is -2.35. The Morgan fingerprint density at radius 3 is 3.05 bits per heavy atom. The van der Waals surface area contributed by atoms with E-state index in [1.54, 1.807) is 6.07 Å². The van der Waals surface area contributed by atoms with Gasteiger partial charge in [0.05, 0.1) is 22.6 Å². The number of ether oxygens (including phenoxy) is 1. The van der Waals surface area contributed by atoms with E-state index in [2.05, 4.69) is 0 Å². The van der Waals surface area contributed by atoms with Gasteiger partial charge in [-0.25, -0.2) is 4.39 Å². The number of thiocarbonyl (C=S) groups is 1. The molecule has 0 spiro atoms. The largest absolute Gasteiger partial charge is 0.376 e. The van der Waals surface area contributed by atoms with Gasteiger partial charge >= 0.3 is 0 Å². The third kappa shape index (κ3) is 3.20. The molecule has 2 fully saturated rings. The molecule has 2 aliphatic heterocycles. The first-order chi connectivity index (χ1) is 10.6. The summed E-state index contributed by atoms with van der Waals surface area (Å²) in [5.74, 6) is -0.679. The number of hydrogen-bond donors (Lipinski definition) is 0. The van der Waals surface area contributed by atoms with Gasteiger partial charge in [0.1, 0.15) is 10.1 Å². The molecular weight excluding hydrogens is 345 g/mol. The van der Waals surface area contributed by atoms with E-state index in [0.717, 1.165) is 19.4 Å². The predicted octanol–water partition coefficient (Wildman–Crippen LogP) is 3.86. The second-order valence-electron chi connectivity index (χ2n) is 5.06. The van der Waals surface area contributed by atoms with Crippen LogP contribution in [0.3, 0.4) is 0 Å². The summed E-state index contributed by atoms with van der Waals surface area (Å²) < 4.78 is 19.8. The van der Waals surface area contributed by atoms with Crippen LogP contribution in [0.5, 0.6) is 0 Å². The van der Waals surface area contributed by atoms with Gasteiger partial charge in [0.2, 0.25) is 0 Å². The van der Waals surface area contributed by atoms with Crippen LogP contribution in [-0.4, -0.2) is 34.4 Å². The van der Waals surface area contributed by atoms with Crippen molar-refractivity contribution >= 4 is 51.9 Å². The van der Waals surface area contributed by atoms with Crippen LogP contribution in [0.1, 0.15) is 18.4 Å². The molecule has 1 unspecified atom stereocenters. The van der Waals surface area contributed by atoms with Crippen molar-refractivity contribution in [1.29, 1.82) is 0 Å². The van der Waals surface area contributed by atoms with Crippen LogP contribution in [0.25, 0.3) is 6.08 Å². The predicted molar refractivity (Wildman–Crippen MR) is 90.3 cm³/mol. The van der Waals surface area contributed by atoms with Gasteiger partial charge < -0.3 is 4.74 Å². The number of thioether (sulfide) groups is 1. The van der Waals surface area contributed by atoms with Crippen LogP contribution < -0.4 is 0 Å². The standard InChI is InChI=1S/C15H13ClFNO2S2/c16-11-4-1-5-12(17)10(11)7-13-14(19)18(15(21)22-13)8-9-3-2-6-20-9/h1,4-5,7,9H,2-3,6,8H2. The fraction of sp³-hybridized carbons (Fsp3) is 0.333. The fourth-order valence-electron chi connectivity index (χ4n) is 2.43. The Labute approximate surface area is 142 Å².